The lowest BCUT2D eigenvalue weighted by atomic mass is 10.3. The maximum absolute atomic E-state index is 7.52. The van der Waals surface area contributed by atoms with Crippen LogP contribution in [0.25, 0.3) is 0 Å². The Hall–Kier alpha value is -0.120. The normalized spacial score (nSPS) is 24.3. The van der Waals surface area contributed by atoms with Crippen molar-refractivity contribution in [3.05, 3.63) is 0 Å². The summed E-state index contributed by atoms with van der Waals surface area (Å²) in [6.07, 6.45) is 0. The van der Waals surface area contributed by atoms with Crippen LogP contribution in [0.4, 0.5) is 0 Å². The zero-order valence-corrected chi connectivity index (χ0v) is 6.80. The number of nitrogens with zero attached hydrogens (tertiary/aromatic N) is 2. The Morgan fingerprint density at radius 2 is 1.60 bits per heavy atom. The van der Waals surface area contributed by atoms with Gasteiger partial charge in [0.05, 0.1) is 0 Å². The highest BCUT2D eigenvalue weighted by Crippen LogP contribution is 2.08. The minimum absolute atomic E-state index is 0.111. The molecule has 0 unspecified atom stereocenters. The van der Waals surface area contributed by atoms with Gasteiger partial charge in [0.1, 0.15) is 0 Å². The van der Waals surface area contributed by atoms with Gasteiger partial charge in [0.2, 0.25) is 0 Å². The predicted molar refractivity (Wildman–Crippen MR) is 41.4 cm³/mol. The molecule has 0 aromatic carbocycles. The molecule has 0 amide bonds. The number of nitrogens with one attached hydrogen (secondary N) is 1. The van der Waals surface area contributed by atoms with Crippen LogP contribution in [0, 0.1) is 0 Å². The molecule has 0 atom stereocenters. The minimum Gasteiger partial charge on any atom is -0.252 e. The van der Waals surface area contributed by atoms with Gasteiger partial charge in [-0.1, -0.05) is 13.8 Å². The molecule has 1 saturated heterocycles. The van der Waals surface area contributed by atoms with Gasteiger partial charge in [-0.3, -0.25) is 5.73 Å². The van der Waals surface area contributed by atoms with E-state index in [0.717, 1.165) is 26.2 Å². The third-order valence-electron chi connectivity index (χ3n) is 1.99. The lowest BCUT2D eigenvalue weighted by molar-refractivity contribution is 0.0388. The first kappa shape index (κ1) is 7.98. The van der Waals surface area contributed by atoms with E-state index in [2.05, 4.69) is 23.9 Å². The first-order valence-corrected chi connectivity index (χ1v) is 3.98. The fraction of sp³-hybridized carbons (Fsp3) is 1.00. The molecule has 10 heavy (non-hydrogen) atoms. The molecule has 1 radical (unpaired) electrons. The predicted octanol–water partition coefficient (Wildman–Crippen LogP) is 0.210. The number of hydrogen-bond donors (Lipinski definition) is 0. The molecule has 0 aromatic heterocycles. The van der Waals surface area contributed by atoms with E-state index in [1.54, 1.807) is 0 Å². The smallest absolute Gasteiger partial charge is 0.0495 e. The molecule has 1 rings (SSSR count). The summed E-state index contributed by atoms with van der Waals surface area (Å²) in [6, 6.07) is 0.111. The maximum Gasteiger partial charge on any atom is 0.0495 e. The molecule has 0 aromatic rings. The molecule has 1 heterocycles. The molecular formula is C7H16N3. The molecule has 59 valence electrons. The van der Waals surface area contributed by atoms with Gasteiger partial charge in [-0.25, -0.2) is 10.0 Å². The van der Waals surface area contributed by atoms with E-state index in [9.17, 15) is 0 Å². The second-order valence-electron chi connectivity index (χ2n) is 2.71. The quantitative estimate of drug-likeness (QED) is 0.551. The molecule has 1 aliphatic heterocycles. The van der Waals surface area contributed by atoms with E-state index >= 15 is 0 Å². The van der Waals surface area contributed by atoms with E-state index in [1.807, 2.05) is 0 Å². The topological polar surface area (TPSA) is 30.3 Å². The van der Waals surface area contributed by atoms with Crippen LogP contribution in [0.3, 0.4) is 0 Å². The summed E-state index contributed by atoms with van der Waals surface area (Å²) in [5, 5.41) is 4.50. The van der Waals surface area contributed by atoms with E-state index in [1.165, 1.54) is 0 Å². The first-order chi connectivity index (χ1) is 4.77. The lowest BCUT2D eigenvalue weighted by Gasteiger charge is -2.24. The molecule has 0 aliphatic carbocycles. The molecule has 0 spiro atoms. The van der Waals surface area contributed by atoms with Crippen LogP contribution >= 0.6 is 0 Å². The summed E-state index contributed by atoms with van der Waals surface area (Å²) in [4.78, 5) is 0. The van der Waals surface area contributed by atoms with E-state index in [4.69, 9.17) is 5.73 Å². The zero-order valence-electron chi connectivity index (χ0n) is 6.80. The minimum atomic E-state index is 0.111. The Morgan fingerprint density at radius 1 is 1.20 bits per heavy atom. The van der Waals surface area contributed by atoms with Gasteiger partial charge < -0.3 is 0 Å². The van der Waals surface area contributed by atoms with Crippen LogP contribution in [0.1, 0.15) is 13.8 Å². The molecular weight excluding hydrogens is 126 g/mol. The van der Waals surface area contributed by atoms with Crippen LogP contribution in [0.5, 0.6) is 0 Å². The second kappa shape index (κ2) is 3.32. The third kappa shape index (κ3) is 1.48. The van der Waals surface area contributed by atoms with E-state index < -0.39 is 0 Å². The van der Waals surface area contributed by atoms with Crippen molar-refractivity contribution < 1.29 is 0 Å². The third-order valence-corrected chi connectivity index (χ3v) is 1.99. The van der Waals surface area contributed by atoms with Crippen molar-refractivity contribution in [1.29, 1.82) is 0 Å². The first-order valence-electron chi connectivity index (χ1n) is 3.98. The van der Waals surface area contributed by atoms with Crippen molar-refractivity contribution in [2.45, 2.75) is 19.9 Å². The Labute approximate surface area is 62.8 Å². The monoisotopic (exact) mass is 142 g/mol. The number of hydrazine groups is 1. The summed E-state index contributed by atoms with van der Waals surface area (Å²) in [5.74, 6) is 0. The Bertz CT molecular complexity index is 93.0. The molecule has 0 saturated carbocycles. The second-order valence-corrected chi connectivity index (χ2v) is 2.71. The van der Waals surface area contributed by atoms with Crippen LogP contribution in [-0.2, 0) is 0 Å². The van der Waals surface area contributed by atoms with Crippen LogP contribution in [0.15, 0.2) is 0 Å². The average molecular weight is 142 g/mol. The van der Waals surface area contributed by atoms with Gasteiger partial charge in [-0.15, -0.1) is 0 Å². The Morgan fingerprint density at radius 3 is 1.90 bits per heavy atom. The molecule has 3 heteroatoms. The van der Waals surface area contributed by atoms with Gasteiger partial charge >= 0.3 is 0 Å². The van der Waals surface area contributed by atoms with Crippen LogP contribution in [0.2, 0.25) is 0 Å². The zero-order chi connectivity index (χ0) is 7.56. The summed E-state index contributed by atoms with van der Waals surface area (Å²) in [6.45, 7) is 8.21. The highest BCUT2D eigenvalue weighted by Gasteiger charge is 2.24. The van der Waals surface area contributed by atoms with Gasteiger partial charge in [-0.05, 0) is 0 Å². The fourth-order valence-corrected chi connectivity index (χ4v) is 1.46. The average Bonchev–Trinajstić information content (AvgIpc) is 2.30. The molecule has 1 aliphatic rings. The summed E-state index contributed by atoms with van der Waals surface area (Å²) >= 11 is 0. The van der Waals surface area contributed by atoms with Crippen LogP contribution in [-0.4, -0.2) is 42.2 Å². The highest BCUT2D eigenvalue weighted by atomic mass is 15.6. The molecule has 3 nitrogen and oxygen atoms in total. The van der Waals surface area contributed by atoms with Crippen molar-refractivity contribution >= 4 is 0 Å². The van der Waals surface area contributed by atoms with Crippen molar-refractivity contribution in [2.24, 2.45) is 0 Å². The summed E-state index contributed by atoms with van der Waals surface area (Å²) < 4.78 is 0. The Kier molecular flexibility index (Phi) is 2.65. The number of rotatable bonds is 2. The lowest BCUT2D eigenvalue weighted by Crippen LogP contribution is -2.35. The molecule has 1 N–H and O–H groups in total. The van der Waals surface area contributed by atoms with Crippen LogP contribution < -0.4 is 5.73 Å². The number of likely N-dealkylation sites (N-methyl/N-ethyl adjacent to an activating group) is 2. The van der Waals surface area contributed by atoms with Crippen molar-refractivity contribution in [1.82, 2.24) is 15.8 Å². The van der Waals surface area contributed by atoms with Crippen molar-refractivity contribution in [3.8, 4) is 0 Å². The maximum atomic E-state index is 7.52. The van der Waals surface area contributed by atoms with Crippen molar-refractivity contribution in [2.75, 3.05) is 26.2 Å². The van der Waals surface area contributed by atoms with Gasteiger partial charge in [0.15, 0.2) is 0 Å². The fourth-order valence-electron chi connectivity index (χ4n) is 1.46. The summed E-state index contributed by atoms with van der Waals surface area (Å²) in [7, 11) is 0. The molecule has 1 fully saturated rings. The van der Waals surface area contributed by atoms with Gasteiger partial charge in [0.25, 0.3) is 0 Å². The number of hydrogen-bond acceptors (Lipinski definition) is 2. The largest absolute Gasteiger partial charge is 0.252 e. The SMILES string of the molecule is CCN1CC([NH])CN1CC. The van der Waals surface area contributed by atoms with Gasteiger partial charge in [0, 0.05) is 32.2 Å². The summed E-state index contributed by atoms with van der Waals surface area (Å²) in [5.41, 5.74) is 7.52. The highest BCUT2D eigenvalue weighted by molar-refractivity contribution is 4.76. The van der Waals surface area contributed by atoms with E-state index in [0.29, 0.717) is 0 Å². The van der Waals surface area contributed by atoms with Crippen molar-refractivity contribution in [3.63, 3.8) is 0 Å². The Balaban J connectivity index is 2.41. The van der Waals surface area contributed by atoms with Gasteiger partial charge in [-0.2, -0.15) is 0 Å². The molecule has 0 bridgehead atoms. The van der Waals surface area contributed by atoms with E-state index in [-0.39, 0.29) is 6.04 Å². The standard InChI is InChI=1S/C7H16N3/c1-3-9-5-7(8)6-10(9)4-2/h7-8H,3-6H2,1-2H3.